The van der Waals surface area contributed by atoms with Crippen molar-refractivity contribution in [2.75, 3.05) is 38.2 Å². The number of rotatable bonds is 6. The van der Waals surface area contributed by atoms with Gasteiger partial charge in [0, 0.05) is 43.2 Å². The van der Waals surface area contributed by atoms with Crippen molar-refractivity contribution in [3.8, 4) is 6.01 Å². The number of nitrogens with zero attached hydrogens (tertiary/aromatic N) is 6. The van der Waals surface area contributed by atoms with Crippen molar-refractivity contribution in [2.24, 2.45) is 5.92 Å². The number of fused-ring (bicyclic) bond motifs is 5. The molecule has 2 aromatic heterocycles. The summed E-state index contributed by atoms with van der Waals surface area (Å²) in [6.07, 6.45) is 6.98. The molecule has 5 aliphatic rings. The van der Waals surface area contributed by atoms with Gasteiger partial charge in [0.25, 0.3) is 0 Å². The zero-order chi connectivity index (χ0) is 30.1. The van der Waals surface area contributed by atoms with Crippen LogP contribution in [0.1, 0.15) is 72.8 Å². The molecule has 2 saturated heterocycles. The highest BCUT2D eigenvalue weighted by atomic mass is 35.5. The quantitative estimate of drug-likeness (QED) is 0.391. The summed E-state index contributed by atoms with van der Waals surface area (Å²) >= 11 is 13.5. The van der Waals surface area contributed by atoms with Gasteiger partial charge in [0.2, 0.25) is 0 Å². The maximum absolute atomic E-state index is 6.90. The molecule has 234 valence electrons. The van der Waals surface area contributed by atoms with E-state index >= 15 is 0 Å². The minimum Gasteiger partial charge on any atom is -0.461 e. The second-order valence-corrected chi connectivity index (χ2v) is 14.4. The molecule has 8 rings (SSSR count). The first-order chi connectivity index (χ1) is 21.4. The molecule has 0 bridgehead atoms. The van der Waals surface area contributed by atoms with Crippen LogP contribution in [0.4, 0.5) is 5.82 Å². The predicted molar refractivity (Wildman–Crippen MR) is 170 cm³/mol. The van der Waals surface area contributed by atoms with E-state index in [1.807, 2.05) is 19.2 Å². The third-order valence-electron chi connectivity index (χ3n) is 10.7. The summed E-state index contributed by atoms with van der Waals surface area (Å²) in [6.45, 7) is 8.65. The normalized spacial score (nSPS) is 27.7. The van der Waals surface area contributed by atoms with Gasteiger partial charge in [-0.3, -0.25) is 9.58 Å². The molecule has 1 spiro atoms. The Labute approximate surface area is 269 Å². The fourth-order valence-corrected chi connectivity index (χ4v) is 9.23. The number of halogens is 2. The maximum Gasteiger partial charge on any atom is 0.318 e. The standard InChI is InChI=1S/C33H41Cl2N7O2/c1-21-14-32(9-4-12-41(32)17-21)20-43-31-37-26-15-33(10-8-22-24(33)6-3-7-25(22)34)44-19-23(26)30(38-31)40-11-5-13-42-28(18-40)29(35)27(39-42)16-36-2/h3,6-7,21,36H,4-5,8-20H2,1-2H3/t21-,32+,33+/m1/s1. The molecule has 4 aliphatic heterocycles. The minimum absolute atomic E-state index is 0.0939. The van der Waals surface area contributed by atoms with Gasteiger partial charge in [0.05, 0.1) is 46.4 Å². The van der Waals surface area contributed by atoms with Gasteiger partial charge in [0.1, 0.15) is 12.4 Å². The van der Waals surface area contributed by atoms with Gasteiger partial charge in [-0.2, -0.15) is 15.1 Å². The number of nitrogens with one attached hydrogen (secondary N) is 1. The molecular weight excluding hydrogens is 597 g/mol. The highest BCUT2D eigenvalue weighted by Crippen LogP contribution is 2.49. The van der Waals surface area contributed by atoms with Crippen LogP contribution in [-0.4, -0.2) is 63.5 Å². The molecule has 0 radical (unpaired) electrons. The van der Waals surface area contributed by atoms with Crippen molar-refractivity contribution in [1.82, 2.24) is 30.0 Å². The van der Waals surface area contributed by atoms with Crippen molar-refractivity contribution < 1.29 is 9.47 Å². The van der Waals surface area contributed by atoms with E-state index in [2.05, 4.69) is 32.8 Å². The van der Waals surface area contributed by atoms with Crippen molar-refractivity contribution in [3.05, 3.63) is 62.0 Å². The highest BCUT2D eigenvalue weighted by Gasteiger charge is 2.48. The Hall–Kier alpha value is -2.43. The zero-order valence-corrected chi connectivity index (χ0v) is 27.2. The van der Waals surface area contributed by atoms with E-state index in [9.17, 15) is 0 Å². The Morgan fingerprint density at radius 1 is 1.11 bits per heavy atom. The van der Waals surface area contributed by atoms with E-state index in [0.717, 1.165) is 83.9 Å². The number of aromatic nitrogens is 4. The van der Waals surface area contributed by atoms with Crippen LogP contribution in [0.5, 0.6) is 6.01 Å². The number of aryl methyl sites for hydroxylation is 1. The van der Waals surface area contributed by atoms with Gasteiger partial charge in [0.15, 0.2) is 0 Å². The molecule has 0 unspecified atom stereocenters. The number of hydrogen-bond donors (Lipinski definition) is 1. The van der Waals surface area contributed by atoms with Crippen LogP contribution in [-0.2, 0) is 49.4 Å². The summed E-state index contributed by atoms with van der Waals surface area (Å²) in [7, 11) is 1.92. The van der Waals surface area contributed by atoms with Crippen LogP contribution in [0.15, 0.2) is 18.2 Å². The number of hydrogen-bond acceptors (Lipinski definition) is 8. The van der Waals surface area contributed by atoms with E-state index in [1.165, 1.54) is 30.4 Å². The smallest absolute Gasteiger partial charge is 0.318 e. The summed E-state index contributed by atoms with van der Waals surface area (Å²) < 4.78 is 15.5. The Morgan fingerprint density at radius 2 is 2.02 bits per heavy atom. The molecule has 0 amide bonds. The first-order valence-electron chi connectivity index (χ1n) is 16.2. The molecule has 6 heterocycles. The van der Waals surface area contributed by atoms with Gasteiger partial charge >= 0.3 is 6.01 Å². The average molecular weight is 639 g/mol. The van der Waals surface area contributed by atoms with Gasteiger partial charge in [-0.15, -0.1) is 0 Å². The van der Waals surface area contributed by atoms with E-state index in [4.69, 9.17) is 47.7 Å². The molecule has 44 heavy (non-hydrogen) atoms. The molecule has 9 nitrogen and oxygen atoms in total. The fourth-order valence-electron chi connectivity index (χ4n) is 8.70. The second kappa shape index (κ2) is 11.1. The van der Waals surface area contributed by atoms with Gasteiger partial charge in [-0.1, -0.05) is 42.3 Å². The van der Waals surface area contributed by atoms with Crippen LogP contribution in [0.3, 0.4) is 0 Å². The molecule has 1 aliphatic carbocycles. The van der Waals surface area contributed by atoms with Gasteiger partial charge in [-0.25, -0.2) is 0 Å². The largest absolute Gasteiger partial charge is 0.461 e. The Kier molecular flexibility index (Phi) is 7.33. The van der Waals surface area contributed by atoms with Gasteiger partial charge in [-0.05, 0) is 75.2 Å². The zero-order valence-electron chi connectivity index (χ0n) is 25.7. The summed E-state index contributed by atoms with van der Waals surface area (Å²) in [5.74, 6) is 1.58. The molecule has 2 fully saturated rings. The Morgan fingerprint density at radius 3 is 2.91 bits per heavy atom. The number of ether oxygens (including phenoxy) is 2. The highest BCUT2D eigenvalue weighted by molar-refractivity contribution is 6.32. The molecule has 3 aromatic rings. The molecule has 1 aromatic carbocycles. The van der Waals surface area contributed by atoms with E-state index < -0.39 is 5.60 Å². The molecule has 11 heteroatoms. The molecule has 0 saturated carbocycles. The van der Waals surface area contributed by atoms with Gasteiger partial charge < -0.3 is 19.7 Å². The van der Waals surface area contributed by atoms with Crippen LogP contribution >= 0.6 is 23.2 Å². The van der Waals surface area contributed by atoms with Crippen molar-refractivity contribution in [2.45, 2.75) is 89.3 Å². The van der Waals surface area contributed by atoms with E-state index in [-0.39, 0.29) is 5.54 Å². The van der Waals surface area contributed by atoms with Crippen LogP contribution in [0.2, 0.25) is 10.0 Å². The molecule has 1 N–H and O–H groups in total. The summed E-state index contributed by atoms with van der Waals surface area (Å²) in [5, 5.41) is 9.56. The fraction of sp³-hybridized carbons (Fsp3) is 0.606. The predicted octanol–water partition coefficient (Wildman–Crippen LogP) is 5.28. The van der Waals surface area contributed by atoms with Crippen LogP contribution < -0.4 is 15.0 Å². The summed E-state index contributed by atoms with van der Waals surface area (Å²) in [5.41, 5.74) is 6.04. The Balaban J connectivity index is 1.16. The molecular formula is C33H41Cl2N7O2. The van der Waals surface area contributed by atoms with Crippen molar-refractivity contribution >= 4 is 29.0 Å². The lowest BCUT2D eigenvalue weighted by Crippen LogP contribution is -2.43. The maximum atomic E-state index is 6.90. The first kappa shape index (κ1) is 29.0. The Bertz CT molecular complexity index is 1600. The summed E-state index contributed by atoms with van der Waals surface area (Å²) in [4.78, 5) is 15.3. The monoisotopic (exact) mass is 637 g/mol. The average Bonchev–Trinajstić information content (AvgIpc) is 3.69. The van der Waals surface area contributed by atoms with Crippen molar-refractivity contribution in [1.29, 1.82) is 0 Å². The lowest BCUT2D eigenvalue weighted by molar-refractivity contribution is -0.0730. The first-order valence-corrected chi connectivity index (χ1v) is 17.0. The van der Waals surface area contributed by atoms with E-state index in [1.54, 1.807) is 0 Å². The lowest BCUT2D eigenvalue weighted by Gasteiger charge is -2.37. The lowest BCUT2D eigenvalue weighted by atomic mass is 9.87. The summed E-state index contributed by atoms with van der Waals surface area (Å²) in [6, 6.07) is 6.67. The second-order valence-electron chi connectivity index (χ2n) is 13.6. The SMILES string of the molecule is CNCc1nn2c(c1Cl)CN(c1nc(OC[C@@]34CCCN3C[C@H](C)C4)nc3c1CO[C@@]1(CCc4c(Cl)cccc41)C3)CCC2. The number of anilines is 1. The third-order valence-corrected chi connectivity index (χ3v) is 11.5. The molecule has 3 atom stereocenters. The van der Waals surface area contributed by atoms with Crippen LogP contribution in [0, 0.1) is 5.92 Å². The third kappa shape index (κ3) is 4.73. The topological polar surface area (TPSA) is 80.6 Å². The number of benzene rings is 1. The van der Waals surface area contributed by atoms with Crippen molar-refractivity contribution in [3.63, 3.8) is 0 Å². The van der Waals surface area contributed by atoms with Crippen LogP contribution in [0.25, 0.3) is 0 Å². The van der Waals surface area contributed by atoms with E-state index in [0.29, 0.717) is 44.7 Å². The minimum atomic E-state index is -0.430.